The fourth-order valence-electron chi connectivity index (χ4n) is 2.36. The molecule has 0 bridgehead atoms. The van der Waals surface area contributed by atoms with E-state index in [4.69, 9.17) is 0 Å². The second-order valence-corrected chi connectivity index (χ2v) is 5.43. The van der Waals surface area contributed by atoms with E-state index < -0.39 is 0 Å². The van der Waals surface area contributed by atoms with E-state index in [0.717, 1.165) is 6.04 Å². The Morgan fingerprint density at radius 3 is 2.69 bits per heavy atom. The summed E-state index contributed by atoms with van der Waals surface area (Å²) < 4.78 is 0. The molecule has 0 amide bonds. The molecular weight excluding hydrogens is 158 g/mol. The number of hydrogen-bond acceptors (Lipinski definition) is 1. The number of rotatable bonds is 3. The standard InChI is InChI=1S/C12H25N/c1-5-10(2)13-11-7-6-8-12(3,4)9-11/h10-11,13H,5-9H2,1-4H3. The van der Waals surface area contributed by atoms with Crippen LogP contribution in [0.1, 0.15) is 59.8 Å². The minimum atomic E-state index is 0.573. The summed E-state index contributed by atoms with van der Waals surface area (Å²) >= 11 is 0. The van der Waals surface area contributed by atoms with Crippen molar-refractivity contribution < 1.29 is 0 Å². The zero-order chi connectivity index (χ0) is 9.90. The molecule has 0 aromatic rings. The quantitative estimate of drug-likeness (QED) is 0.707. The molecule has 0 radical (unpaired) electrons. The zero-order valence-corrected chi connectivity index (χ0v) is 9.69. The van der Waals surface area contributed by atoms with Crippen molar-refractivity contribution in [2.24, 2.45) is 5.41 Å². The Bertz CT molecular complexity index is 151. The van der Waals surface area contributed by atoms with Gasteiger partial charge in [0.25, 0.3) is 0 Å². The fourth-order valence-corrected chi connectivity index (χ4v) is 2.36. The van der Waals surface area contributed by atoms with Crippen LogP contribution in [0.15, 0.2) is 0 Å². The molecule has 1 rings (SSSR count). The van der Waals surface area contributed by atoms with Crippen LogP contribution in [0.4, 0.5) is 0 Å². The molecule has 1 heteroatoms. The van der Waals surface area contributed by atoms with Crippen LogP contribution in [-0.4, -0.2) is 12.1 Å². The van der Waals surface area contributed by atoms with Crippen molar-refractivity contribution in [2.45, 2.75) is 71.9 Å². The molecule has 78 valence electrons. The van der Waals surface area contributed by atoms with E-state index in [1.165, 1.54) is 32.1 Å². The SMILES string of the molecule is CCC(C)NC1CCCC(C)(C)C1. The van der Waals surface area contributed by atoms with Crippen LogP contribution in [0.25, 0.3) is 0 Å². The van der Waals surface area contributed by atoms with Gasteiger partial charge < -0.3 is 5.32 Å². The average Bonchev–Trinajstić information content (AvgIpc) is 2.02. The molecule has 0 spiro atoms. The van der Waals surface area contributed by atoms with Crippen LogP contribution in [0, 0.1) is 5.41 Å². The molecule has 1 aliphatic rings. The Balaban J connectivity index is 2.34. The van der Waals surface area contributed by atoms with Crippen molar-refractivity contribution in [1.82, 2.24) is 5.32 Å². The van der Waals surface area contributed by atoms with E-state index in [0.29, 0.717) is 11.5 Å². The average molecular weight is 183 g/mol. The Labute approximate surface area is 83.3 Å². The van der Waals surface area contributed by atoms with Crippen molar-refractivity contribution in [2.75, 3.05) is 0 Å². The Kier molecular flexibility index (Phi) is 3.78. The van der Waals surface area contributed by atoms with Crippen molar-refractivity contribution in [3.63, 3.8) is 0 Å². The summed E-state index contributed by atoms with van der Waals surface area (Å²) in [5.74, 6) is 0. The van der Waals surface area contributed by atoms with Gasteiger partial charge in [-0.05, 0) is 38.0 Å². The Morgan fingerprint density at radius 2 is 2.15 bits per heavy atom. The summed E-state index contributed by atoms with van der Waals surface area (Å²) in [6.07, 6.45) is 6.80. The third kappa shape index (κ3) is 3.68. The highest BCUT2D eigenvalue weighted by atomic mass is 14.9. The molecule has 1 N–H and O–H groups in total. The van der Waals surface area contributed by atoms with E-state index in [1.54, 1.807) is 0 Å². The van der Waals surface area contributed by atoms with Gasteiger partial charge in [-0.1, -0.05) is 27.2 Å². The fraction of sp³-hybridized carbons (Fsp3) is 1.00. The summed E-state index contributed by atoms with van der Waals surface area (Å²) in [4.78, 5) is 0. The predicted octanol–water partition coefficient (Wildman–Crippen LogP) is 3.34. The van der Waals surface area contributed by atoms with Gasteiger partial charge in [0.1, 0.15) is 0 Å². The van der Waals surface area contributed by atoms with E-state index >= 15 is 0 Å². The topological polar surface area (TPSA) is 12.0 Å². The summed E-state index contributed by atoms with van der Waals surface area (Å²) in [5, 5.41) is 3.72. The van der Waals surface area contributed by atoms with Gasteiger partial charge in [-0.25, -0.2) is 0 Å². The smallest absolute Gasteiger partial charge is 0.00746 e. The number of nitrogens with one attached hydrogen (secondary N) is 1. The van der Waals surface area contributed by atoms with Gasteiger partial charge in [0.2, 0.25) is 0 Å². The summed E-state index contributed by atoms with van der Waals surface area (Å²) in [6, 6.07) is 1.47. The third-order valence-electron chi connectivity index (χ3n) is 3.34. The van der Waals surface area contributed by atoms with E-state index in [2.05, 4.69) is 33.0 Å². The molecule has 1 aliphatic carbocycles. The van der Waals surface area contributed by atoms with Gasteiger partial charge in [-0.15, -0.1) is 0 Å². The van der Waals surface area contributed by atoms with Gasteiger partial charge in [0.05, 0.1) is 0 Å². The molecule has 0 saturated heterocycles. The first-order chi connectivity index (χ1) is 6.03. The van der Waals surface area contributed by atoms with Crippen LogP contribution in [-0.2, 0) is 0 Å². The molecule has 13 heavy (non-hydrogen) atoms. The van der Waals surface area contributed by atoms with Crippen LogP contribution in [0.3, 0.4) is 0 Å². The zero-order valence-electron chi connectivity index (χ0n) is 9.69. The van der Waals surface area contributed by atoms with Gasteiger partial charge in [-0.2, -0.15) is 0 Å². The molecule has 2 unspecified atom stereocenters. The first-order valence-corrected chi connectivity index (χ1v) is 5.79. The molecule has 0 heterocycles. The molecule has 0 aliphatic heterocycles. The monoisotopic (exact) mass is 183 g/mol. The first-order valence-electron chi connectivity index (χ1n) is 5.79. The molecular formula is C12H25N. The summed E-state index contributed by atoms with van der Waals surface area (Å²) in [5.41, 5.74) is 0.573. The summed E-state index contributed by atoms with van der Waals surface area (Å²) in [7, 11) is 0. The predicted molar refractivity (Wildman–Crippen MR) is 58.9 cm³/mol. The molecule has 1 saturated carbocycles. The first kappa shape index (κ1) is 11.0. The maximum absolute atomic E-state index is 3.72. The second kappa shape index (κ2) is 4.45. The molecule has 2 atom stereocenters. The molecule has 0 aromatic carbocycles. The minimum Gasteiger partial charge on any atom is -0.311 e. The van der Waals surface area contributed by atoms with Crippen LogP contribution >= 0.6 is 0 Å². The van der Waals surface area contributed by atoms with E-state index in [1.807, 2.05) is 0 Å². The Morgan fingerprint density at radius 1 is 1.46 bits per heavy atom. The normalized spacial score (nSPS) is 30.0. The second-order valence-electron chi connectivity index (χ2n) is 5.43. The highest BCUT2D eigenvalue weighted by Gasteiger charge is 2.27. The maximum atomic E-state index is 3.72. The van der Waals surface area contributed by atoms with Gasteiger partial charge in [0, 0.05) is 12.1 Å². The van der Waals surface area contributed by atoms with Crippen molar-refractivity contribution in [1.29, 1.82) is 0 Å². The Hall–Kier alpha value is -0.0400. The number of hydrogen-bond donors (Lipinski definition) is 1. The van der Waals surface area contributed by atoms with Crippen LogP contribution in [0.2, 0.25) is 0 Å². The van der Waals surface area contributed by atoms with Crippen LogP contribution < -0.4 is 5.32 Å². The van der Waals surface area contributed by atoms with Crippen molar-refractivity contribution in [3.8, 4) is 0 Å². The maximum Gasteiger partial charge on any atom is 0.00746 e. The van der Waals surface area contributed by atoms with E-state index in [-0.39, 0.29) is 0 Å². The van der Waals surface area contributed by atoms with E-state index in [9.17, 15) is 0 Å². The van der Waals surface area contributed by atoms with Gasteiger partial charge in [0.15, 0.2) is 0 Å². The summed E-state index contributed by atoms with van der Waals surface area (Å²) in [6.45, 7) is 9.35. The van der Waals surface area contributed by atoms with Gasteiger partial charge >= 0.3 is 0 Å². The highest BCUT2D eigenvalue weighted by Crippen LogP contribution is 2.35. The van der Waals surface area contributed by atoms with Gasteiger partial charge in [-0.3, -0.25) is 0 Å². The lowest BCUT2D eigenvalue weighted by atomic mass is 9.75. The van der Waals surface area contributed by atoms with Crippen LogP contribution in [0.5, 0.6) is 0 Å². The third-order valence-corrected chi connectivity index (χ3v) is 3.34. The highest BCUT2D eigenvalue weighted by molar-refractivity contribution is 4.84. The molecule has 1 fully saturated rings. The lowest BCUT2D eigenvalue weighted by molar-refractivity contribution is 0.190. The molecule has 1 nitrogen and oxygen atoms in total. The molecule has 0 aromatic heterocycles. The minimum absolute atomic E-state index is 0.573. The van der Waals surface area contributed by atoms with Crippen molar-refractivity contribution in [3.05, 3.63) is 0 Å². The van der Waals surface area contributed by atoms with Crippen molar-refractivity contribution >= 4 is 0 Å². The lowest BCUT2D eigenvalue weighted by Gasteiger charge is -2.36. The lowest BCUT2D eigenvalue weighted by Crippen LogP contribution is -2.41. The largest absolute Gasteiger partial charge is 0.311 e.